The average molecular weight is 267 g/mol. The van der Waals surface area contributed by atoms with E-state index in [-0.39, 0.29) is 24.6 Å². The summed E-state index contributed by atoms with van der Waals surface area (Å²) < 4.78 is 18.9. The molecule has 1 aromatic heterocycles. The van der Waals surface area contributed by atoms with Gasteiger partial charge in [0, 0.05) is 23.4 Å². The van der Waals surface area contributed by atoms with Crippen LogP contribution in [-0.4, -0.2) is 14.1 Å². The molecule has 8 heteroatoms. The maximum absolute atomic E-state index is 12.4. The van der Waals surface area contributed by atoms with Crippen LogP contribution in [0, 0.1) is 10.1 Å². The van der Waals surface area contributed by atoms with Crippen molar-refractivity contribution in [1.29, 1.82) is 0 Å². The van der Waals surface area contributed by atoms with Crippen molar-refractivity contribution < 1.29 is 13.5 Å². The Balaban J connectivity index is 2.13. The van der Waals surface area contributed by atoms with Crippen LogP contribution in [0.25, 0.3) is 11.1 Å². The van der Waals surface area contributed by atoms with Gasteiger partial charge in [0.2, 0.25) is 0 Å². The van der Waals surface area contributed by atoms with Crippen molar-refractivity contribution in [1.82, 2.24) is 9.19 Å². The summed E-state index contributed by atoms with van der Waals surface area (Å²) in [5.41, 5.74) is 1.99. The molecule has 0 unspecified atom stereocenters. The Kier molecular flexibility index (Phi) is 2.44. The second-order valence-corrected chi connectivity index (χ2v) is 4.20. The van der Waals surface area contributed by atoms with E-state index in [2.05, 4.69) is 5.10 Å². The predicted molar refractivity (Wildman–Crippen MR) is 62.7 cm³/mol. The number of nitro benzene ring substituents is 1. The van der Waals surface area contributed by atoms with Crippen LogP contribution < -0.4 is 4.74 Å². The summed E-state index contributed by atoms with van der Waals surface area (Å²) in [6.07, 6.45) is 1.53. The lowest BCUT2D eigenvalue weighted by atomic mass is 10.0. The number of halogens is 1. The van der Waals surface area contributed by atoms with Gasteiger partial charge in [0.1, 0.15) is 18.1 Å². The van der Waals surface area contributed by atoms with Crippen molar-refractivity contribution in [3.8, 4) is 16.9 Å². The minimum Gasteiger partial charge on any atom is -0.486 e. The van der Waals surface area contributed by atoms with Gasteiger partial charge >= 0.3 is 0 Å². The summed E-state index contributed by atoms with van der Waals surface area (Å²) in [5.74, 6) is 0.417. The quantitative estimate of drug-likeness (QED) is 0.618. The van der Waals surface area contributed by atoms with Crippen LogP contribution in [0.15, 0.2) is 24.4 Å². The number of ether oxygens (including phenoxy) is 1. The summed E-state index contributed by atoms with van der Waals surface area (Å²) in [6.45, 7) is 0.178. The van der Waals surface area contributed by atoms with Gasteiger partial charge in [-0.2, -0.15) is 9.19 Å². The van der Waals surface area contributed by atoms with Crippen molar-refractivity contribution in [2.45, 2.75) is 6.61 Å². The third-order valence-electron chi connectivity index (χ3n) is 2.67. The average Bonchev–Trinajstić information content (AvgIpc) is 2.81. The maximum atomic E-state index is 12.4. The largest absolute Gasteiger partial charge is 0.486 e. The van der Waals surface area contributed by atoms with E-state index in [0.717, 1.165) is 9.65 Å². The molecule has 92 valence electrons. The second-order valence-electron chi connectivity index (χ2n) is 3.69. The van der Waals surface area contributed by atoms with E-state index < -0.39 is 4.92 Å². The zero-order chi connectivity index (χ0) is 12.7. The summed E-state index contributed by atoms with van der Waals surface area (Å²) >= 11 is -0.0132. The number of rotatable bonds is 2. The fraction of sp³-hybridized carbons (Fsp3) is 0.100. The molecule has 1 aromatic carbocycles. The highest BCUT2D eigenvalue weighted by atomic mass is 32.2. The third-order valence-corrected chi connectivity index (χ3v) is 3.00. The molecule has 1 aliphatic heterocycles. The Morgan fingerprint density at radius 1 is 1.50 bits per heavy atom. The highest BCUT2D eigenvalue weighted by Gasteiger charge is 2.23. The molecule has 0 spiro atoms. The molecule has 0 amide bonds. The highest BCUT2D eigenvalue weighted by Crippen LogP contribution is 2.39. The fourth-order valence-corrected chi connectivity index (χ4v) is 2.14. The van der Waals surface area contributed by atoms with Crippen LogP contribution in [0.1, 0.15) is 5.69 Å². The van der Waals surface area contributed by atoms with E-state index in [9.17, 15) is 14.0 Å². The van der Waals surface area contributed by atoms with Crippen molar-refractivity contribution in [3.63, 3.8) is 0 Å². The number of hydrogen-bond acceptors (Lipinski definition) is 5. The Morgan fingerprint density at radius 3 is 3.06 bits per heavy atom. The van der Waals surface area contributed by atoms with E-state index in [1.807, 2.05) is 0 Å². The summed E-state index contributed by atoms with van der Waals surface area (Å²) in [4.78, 5) is 10.2. The first-order chi connectivity index (χ1) is 8.69. The smallest absolute Gasteiger partial charge is 0.273 e. The lowest BCUT2D eigenvalue weighted by molar-refractivity contribution is -0.384. The number of hydrogen-bond donors (Lipinski definition) is 0. The SMILES string of the molecule is O=[N+]([O-])c1ccc2c(c1)OCc1nn(SF)cc1-2. The second kappa shape index (κ2) is 3.98. The molecule has 2 aromatic rings. The van der Waals surface area contributed by atoms with Gasteiger partial charge in [0.05, 0.1) is 11.0 Å². The Morgan fingerprint density at radius 2 is 2.33 bits per heavy atom. The monoisotopic (exact) mass is 267 g/mol. The van der Waals surface area contributed by atoms with Gasteiger partial charge in [-0.1, -0.05) is 0 Å². The molecule has 0 fully saturated rings. The van der Waals surface area contributed by atoms with Crippen LogP contribution in [0.5, 0.6) is 5.75 Å². The van der Waals surface area contributed by atoms with Gasteiger partial charge in [-0.15, -0.1) is 3.89 Å². The van der Waals surface area contributed by atoms with Gasteiger partial charge in [0.25, 0.3) is 5.69 Å². The van der Waals surface area contributed by atoms with Crippen LogP contribution in [-0.2, 0) is 6.61 Å². The van der Waals surface area contributed by atoms with Gasteiger partial charge in [-0.25, -0.2) is 0 Å². The molecule has 3 rings (SSSR count). The van der Waals surface area contributed by atoms with Gasteiger partial charge in [0.15, 0.2) is 12.3 Å². The molecule has 0 saturated heterocycles. The zero-order valence-electron chi connectivity index (χ0n) is 8.87. The number of benzene rings is 1. The third kappa shape index (κ3) is 1.61. The number of nitrogens with zero attached hydrogens (tertiary/aromatic N) is 3. The lowest BCUT2D eigenvalue weighted by Crippen LogP contribution is -2.05. The lowest BCUT2D eigenvalue weighted by Gasteiger charge is -2.15. The molecule has 0 aliphatic carbocycles. The Bertz CT molecular complexity index is 643. The summed E-state index contributed by atoms with van der Waals surface area (Å²) in [7, 11) is 0. The fourth-order valence-electron chi connectivity index (χ4n) is 1.87. The van der Waals surface area contributed by atoms with E-state index in [1.54, 1.807) is 6.07 Å². The molecule has 0 radical (unpaired) electrons. The number of nitro groups is 1. The van der Waals surface area contributed by atoms with Gasteiger partial charge in [-0.3, -0.25) is 10.1 Å². The molecule has 0 bridgehead atoms. The predicted octanol–water partition coefficient (Wildman–Crippen LogP) is 2.73. The van der Waals surface area contributed by atoms with Gasteiger partial charge < -0.3 is 4.74 Å². The first kappa shape index (κ1) is 11.0. The molecule has 2 heterocycles. The number of aromatic nitrogens is 2. The van der Waals surface area contributed by atoms with E-state index in [0.29, 0.717) is 17.0 Å². The minimum absolute atomic E-state index is 0.0132. The summed E-state index contributed by atoms with van der Waals surface area (Å²) in [6, 6.07) is 4.33. The molecular formula is C10H6FN3O3S. The highest BCUT2D eigenvalue weighted by molar-refractivity contribution is 7.92. The van der Waals surface area contributed by atoms with Crippen LogP contribution in [0.3, 0.4) is 0 Å². The molecule has 0 N–H and O–H groups in total. The van der Waals surface area contributed by atoms with Gasteiger partial charge in [-0.05, 0) is 6.07 Å². The normalized spacial score (nSPS) is 12.5. The summed E-state index contributed by atoms with van der Waals surface area (Å²) in [5, 5.41) is 14.6. The molecule has 0 saturated carbocycles. The number of non-ortho nitro benzene ring substituents is 1. The topological polar surface area (TPSA) is 70.2 Å². The first-order valence-corrected chi connectivity index (χ1v) is 5.65. The molecule has 6 nitrogen and oxygen atoms in total. The number of fused-ring (bicyclic) bond motifs is 3. The van der Waals surface area contributed by atoms with Crippen LogP contribution in [0.4, 0.5) is 9.57 Å². The van der Waals surface area contributed by atoms with E-state index >= 15 is 0 Å². The van der Waals surface area contributed by atoms with Crippen molar-refractivity contribution >= 4 is 18.0 Å². The Labute approximate surface area is 105 Å². The molecular weight excluding hydrogens is 261 g/mol. The Hall–Kier alpha value is -2.09. The van der Waals surface area contributed by atoms with Crippen LogP contribution in [0.2, 0.25) is 0 Å². The molecule has 1 aliphatic rings. The maximum Gasteiger partial charge on any atom is 0.273 e. The van der Waals surface area contributed by atoms with E-state index in [4.69, 9.17) is 4.74 Å². The van der Waals surface area contributed by atoms with Crippen molar-refractivity contribution in [2.75, 3.05) is 0 Å². The molecule has 0 atom stereocenters. The zero-order valence-corrected chi connectivity index (χ0v) is 9.69. The first-order valence-electron chi connectivity index (χ1n) is 4.98. The van der Waals surface area contributed by atoms with Crippen LogP contribution >= 0.6 is 12.3 Å². The standard InChI is InChI=1S/C10H6FN3O3S/c11-18-13-4-8-7-2-1-6(14(15)16)3-10(7)17-5-9(8)12-13/h1-4H,5H2. The minimum atomic E-state index is -0.486. The van der Waals surface area contributed by atoms with Crippen molar-refractivity contribution in [3.05, 3.63) is 40.2 Å². The van der Waals surface area contributed by atoms with E-state index in [1.165, 1.54) is 18.3 Å². The molecule has 18 heavy (non-hydrogen) atoms. The van der Waals surface area contributed by atoms with Crippen molar-refractivity contribution in [2.24, 2.45) is 0 Å².